The standard InChI is InChI=1S/C9H9ClO4S/c10-8-3-1-2-4-9(8)15(11,12)14-6-7-5-13-7/h1-4,7H,5-6H2/t7-/m1/s1. The van der Waals surface area contributed by atoms with Gasteiger partial charge in [-0.15, -0.1) is 0 Å². The topological polar surface area (TPSA) is 55.9 Å². The highest BCUT2D eigenvalue weighted by Gasteiger charge is 2.27. The molecule has 1 aliphatic rings. The molecule has 1 aromatic rings. The zero-order valence-corrected chi connectivity index (χ0v) is 9.29. The van der Waals surface area contributed by atoms with Gasteiger partial charge in [0.25, 0.3) is 10.1 Å². The molecule has 15 heavy (non-hydrogen) atoms. The van der Waals surface area contributed by atoms with E-state index in [4.69, 9.17) is 20.5 Å². The summed E-state index contributed by atoms with van der Waals surface area (Å²) in [6.07, 6.45) is -0.0951. The van der Waals surface area contributed by atoms with Crippen LogP contribution < -0.4 is 0 Å². The molecule has 0 aliphatic carbocycles. The molecule has 2 rings (SSSR count). The summed E-state index contributed by atoms with van der Waals surface area (Å²) in [6.45, 7) is 0.603. The zero-order valence-electron chi connectivity index (χ0n) is 7.72. The van der Waals surface area contributed by atoms with Crippen LogP contribution in [0, 0.1) is 0 Å². The summed E-state index contributed by atoms with van der Waals surface area (Å²) in [5.41, 5.74) is 0. The Bertz CT molecular complexity index is 453. The second-order valence-electron chi connectivity index (χ2n) is 3.12. The normalized spacial score (nSPS) is 20.2. The maximum absolute atomic E-state index is 11.6. The molecule has 1 heterocycles. The van der Waals surface area contributed by atoms with E-state index in [1.807, 2.05) is 0 Å². The van der Waals surface area contributed by atoms with Gasteiger partial charge in [0.2, 0.25) is 0 Å². The fraction of sp³-hybridized carbons (Fsp3) is 0.333. The molecule has 0 saturated carbocycles. The van der Waals surface area contributed by atoms with E-state index in [1.165, 1.54) is 12.1 Å². The number of halogens is 1. The molecule has 0 N–H and O–H groups in total. The van der Waals surface area contributed by atoms with Crippen LogP contribution in [-0.2, 0) is 19.0 Å². The van der Waals surface area contributed by atoms with E-state index in [0.717, 1.165) is 0 Å². The lowest BCUT2D eigenvalue weighted by molar-refractivity contribution is 0.266. The SMILES string of the molecule is O=S(=O)(OC[C@H]1CO1)c1ccccc1Cl. The second kappa shape index (κ2) is 4.09. The van der Waals surface area contributed by atoms with Gasteiger partial charge in [-0.1, -0.05) is 23.7 Å². The van der Waals surface area contributed by atoms with Gasteiger partial charge < -0.3 is 4.74 Å². The smallest absolute Gasteiger partial charge is 0.298 e. The van der Waals surface area contributed by atoms with Crippen molar-refractivity contribution in [2.75, 3.05) is 13.2 Å². The number of ether oxygens (including phenoxy) is 1. The van der Waals surface area contributed by atoms with Crippen molar-refractivity contribution in [2.24, 2.45) is 0 Å². The average Bonchev–Trinajstić information content (AvgIpc) is 2.99. The molecule has 0 amide bonds. The Kier molecular flexibility index (Phi) is 2.97. The fourth-order valence-corrected chi connectivity index (χ4v) is 2.47. The molecule has 1 aliphatic heterocycles. The number of hydrogen-bond acceptors (Lipinski definition) is 4. The fourth-order valence-electron chi connectivity index (χ4n) is 1.04. The van der Waals surface area contributed by atoms with Gasteiger partial charge in [0.15, 0.2) is 0 Å². The Labute approximate surface area is 92.9 Å². The number of rotatable bonds is 4. The van der Waals surface area contributed by atoms with Crippen molar-refractivity contribution < 1.29 is 17.3 Å². The van der Waals surface area contributed by atoms with Crippen molar-refractivity contribution in [3.8, 4) is 0 Å². The highest BCUT2D eigenvalue weighted by atomic mass is 35.5. The predicted octanol–water partition coefficient (Wildman–Crippen LogP) is 1.44. The molecule has 1 atom stereocenters. The van der Waals surface area contributed by atoms with E-state index < -0.39 is 10.1 Å². The van der Waals surface area contributed by atoms with Gasteiger partial charge in [0.1, 0.15) is 11.0 Å². The summed E-state index contributed by atoms with van der Waals surface area (Å²) in [7, 11) is -3.76. The van der Waals surface area contributed by atoms with Crippen molar-refractivity contribution in [3.05, 3.63) is 29.3 Å². The molecule has 0 unspecified atom stereocenters. The summed E-state index contributed by atoms with van der Waals surface area (Å²) in [6, 6.07) is 6.16. The monoisotopic (exact) mass is 248 g/mol. The Balaban J connectivity index is 2.16. The van der Waals surface area contributed by atoms with Crippen LogP contribution in [0.2, 0.25) is 5.02 Å². The molecule has 1 saturated heterocycles. The van der Waals surface area contributed by atoms with Crippen molar-refractivity contribution >= 4 is 21.7 Å². The molecular formula is C9H9ClO4S. The molecule has 0 radical (unpaired) electrons. The molecular weight excluding hydrogens is 240 g/mol. The molecule has 0 bridgehead atoms. The van der Waals surface area contributed by atoms with Crippen LogP contribution in [0.25, 0.3) is 0 Å². The molecule has 82 valence electrons. The first-order valence-corrected chi connectivity index (χ1v) is 6.14. The van der Waals surface area contributed by atoms with Gasteiger partial charge in [0.05, 0.1) is 18.2 Å². The molecule has 6 heteroatoms. The summed E-state index contributed by atoms with van der Waals surface area (Å²) < 4.78 is 32.9. The molecule has 0 aromatic heterocycles. The Morgan fingerprint density at radius 1 is 1.47 bits per heavy atom. The van der Waals surface area contributed by atoms with Gasteiger partial charge >= 0.3 is 0 Å². The second-order valence-corrected chi connectivity index (χ2v) is 5.12. The van der Waals surface area contributed by atoms with Gasteiger partial charge in [0, 0.05) is 0 Å². The minimum atomic E-state index is -3.76. The number of hydrogen-bond donors (Lipinski definition) is 0. The molecule has 4 nitrogen and oxygen atoms in total. The van der Waals surface area contributed by atoms with Crippen LogP contribution in [-0.4, -0.2) is 27.7 Å². The van der Waals surface area contributed by atoms with E-state index >= 15 is 0 Å². The highest BCUT2D eigenvalue weighted by Crippen LogP contribution is 2.23. The van der Waals surface area contributed by atoms with Crippen LogP contribution in [0.5, 0.6) is 0 Å². The van der Waals surface area contributed by atoms with E-state index in [-0.39, 0.29) is 22.6 Å². The van der Waals surface area contributed by atoms with Crippen molar-refractivity contribution in [1.82, 2.24) is 0 Å². The minimum absolute atomic E-state index is 0.00711. The summed E-state index contributed by atoms with van der Waals surface area (Å²) in [5.74, 6) is 0. The lowest BCUT2D eigenvalue weighted by Crippen LogP contribution is -2.11. The third-order valence-electron chi connectivity index (χ3n) is 1.92. The van der Waals surface area contributed by atoms with Crippen molar-refractivity contribution in [1.29, 1.82) is 0 Å². The van der Waals surface area contributed by atoms with Gasteiger partial charge in [-0.25, -0.2) is 0 Å². The third-order valence-corrected chi connectivity index (χ3v) is 3.70. The predicted molar refractivity (Wildman–Crippen MR) is 54.3 cm³/mol. The first-order chi connectivity index (χ1) is 7.09. The first-order valence-electron chi connectivity index (χ1n) is 4.35. The molecule has 1 fully saturated rings. The van der Waals surface area contributed by atoms with Crippen LogP contribution in [0.3, 0.4) is 0 Å². The minimum Gasteiger partial charge on any atom is -0.371 e. The Morgan fingerprint density at radius 3 is 2.73 bits per heavy atom. The van der Waals surface area contributed by atoms with Crippen LogP contribution in [0.1, 0.15) is 0 Å². The van der Waals surface area contributed by atoms with Gasteiger partial charge in [-0.3, -0.25) is 4.18 Å². The van der Waals surface area contributed by atoms with E-state index in [0.29, 0.717) is 6.61 Å². The van der Waals surface area contributed by atoms with E-state index in [2.05, 4.69) is 0 Å². The zero-order chi connectivity index (χ0) is 10.9. The van der Waals surface area contributed by atoms with Crippen molar-refractivity contribution in [3.63, 3.8) is 0 Å². The summed E-state index contributed by atoms with van der Waals surface area (Å²) >= 11 is 5.75. The quantitative estimate of drug-likeness (QED) is 0.598. The maximum Gasteiger partial charge on any atom is 0.298 e. The van der Waals surface area contributed by atoms with Crippen LogP contribution in [0.4, 0.5) is 0 Å². The van der Waals surface area contributed by atoms with Crippen LogP contribution >= 0.6 is 11.6 Å². The summed E-state index contributed by atoms with van der Waals surface area (Å²) in [5, 5.41) is 0.161. The molecule has 0 spiro atoms. The van der Waals surface area contributed by atoms with E-state index in [9.17, 15) is 8.42 Å². The lowest BCUT2D eigenvalue weighted by atomic mass is 10.4. The Morgan fingerprint density at radius 2 is 2.13 bits per heavy atom. The van der Waals surface area contributed by atoms with Gasteiger partial charge in [-0.2, -0.15) is 8.42 Å². The lowest BCUT2D eigenvalue weighted by Gasteiger charge is -2.05. The van der Waals surface area contributed by atoms with Gasteiger partial charge in [-0.05, 0) is 12.1 Å². The number of benzene rings is 1. The summed E-state index contributed by atoms with van der Waals surface area (Å²) in [4.78, 5) is -0.00711. The highest BCUT2D eigenvalue weighted by molar-refractivity contribution is 7.86. The molecule has 1 aromatic carbocycles. The first kappa shape index (κ1) is 10.9. The average molecular weight is 249 g/mol. The Hall–Kier alpha value is -0.620. The largest absolute Gasteiger partial charge is 0.371 e. The maximum atomic E-state index is 11.6. The van der Waals surface area contributed by atoms with Crippen LogP contribution in [0.15, 0.2) is 29.2 Å². The van der Waals surface area contributed by atoms with E-state index in [1.54, 1.807) is 12.1 Å². The number of epoxide rings is 1. The third kappa shape index (κ3) is 2.69. The van der Waals surface area contributed by atoms with Crippen molar-refractivity contribution in [2.45, 2.75) is 11.0 Å².